The minimum atomic E-state index is -4.58. The van der Waals surface area contributed by atoms with Crippen LogP contribution in [0.1, 0.15) is 23.2 Å². The standard InChI is InChI=1S/C12H12F5N3O/c13-8-3-6(4-9(14)10(8)19-18)11(21)20(7-1-2-7)5-12(15,16)17/h3-4,7,19H,1-2,5,18H2. The van der Waals surface area contributed by atoms with Crippen LogP contribution in [0.2, 0.25) is 0 Å². The van der Waals surface area contributed by atoms with Gasteiger partial charge in [-0.15, -0.1) is 0 Å². The number of carbonyl (C=O) groups excluding carboxylic acids is 1. The van der Waals surface area contributed by atoms with E-state index in [1.54, 1.807) is 5.43 Å². The van der Waals surface area contributed by atoms with Gasteiger partial charge in [-0.2, -0.15) is 13.2 Å². The molecule has 1 aromatic rings. The van der Waals surface area contributed by atoms with E-state index in [1.165, 1.54) is 0 Å². The van der Waals surface area contributed by atoms with Gasteiger partial charge >= 0.3 is 6.18 Å². The molecule has 0 aromatic heterocycles. The smallest absolute Gasteiger partial charge is 0.327 e. The molecule has 0 saturated heterocycles. The number of rotatable bonds is 4. The predicted molar refractivity (Wildman–Crippen MR) is 64.3 cm³/mol. The Morgan fingerprint density at radius 3 is 2.19 bits per heavy atom. The molecule has 1 saturated carbocycles. The first-order valence-corrected chi connectivity index (χ1v) is 6.06. The minimum Gasteiger partial charge on any atom is -0.327 e. The van der Waals surface area contributed by atoms with Gasteiger partial charge in [0.2, 0.25) is 0 Å². The number of benzene rings is 1. The highest BCUT2D eigenvalue weighted by atomic mass is 19.4. The number of nitrogens with zero attached hydrogens (tertiary/aromatic N) is 1. The van der Waals surface area contributed by atoms with Crippen molar-refractivity contribution in [1.82, 2.24) is 4.90 Å². The van der Waals surface area contributed by atoms with Crippen molar-refractivity contribution < 1.29 is 26.7 Å². The normalized spacial score (nSPS) is 15.0. The molecule has 2 rings (SSSR count). The molecule has 1 aromatic carbocycles. The Morgan fingerprint density at radius 1 is 1.29 bits per heavy atom. The molecule has 0 heterocycles. The fourth-order valence-corrected chi connectivity index (χ4v) is 1.95. The number of carbonyl (C=O) groups is 1. The van der Waals surface area contributed by atoms with Crippen LogP contribution >= 0.6 is 0 Å². The lowest BCUT2D eigenvalue weighted by Gasteiger charge is -2.24. The summed E-state index contributed by atoms with van der Waals surface area (Å²) in [6, 6.07) is 0.774. The van der Waals surface area contributed by atoms with Crippen LogP contribution in [0.25, 0.3) is 0 Å². The number of halogens is 5. The minimum absolute atomic E-state index is 0.440. The maximum absolute atomic E-state index is 13.5. The van der Waals surface area contributed by atoms with E-state index in [1.807, 2.05) is 0 Å². The number of hydrazine groups is 1. The largest absolute Gasteiger partial charge is 0.406 e. The van der Waals surface area contributed by atoms with Crippen molar-refractivity contribution in [2.45, 2.75) is 25.1 Å². The van der Waals surface area contributed by atoms with Crippen LogP contribution in [-0.4, -0.2) is 29.6 Å². The second-order valence-corrected chi connectivity index (χ2v) is 4.74. The van der Waals surface area contributed by atoms with Gasteiger partial charge in [-0.05, 0) is 25.0 Å². The fourth-order valence-electron chi connectivity index (χ4n) is 1.95. The van der Waals surface area contributed by atoms with E-state index in [0.29, 0.717) is 29.9 Å². The summed E-state index contributed by atoms with van der Waals surface area (Å²) in [6.45, 7) is -1.45. The summed E-state index contributed by atoms with van der Waals surface area (Å²) in [5.41, 5.74) is 0.639. The summed E-state index contributed by atoms with van der Waals surface area (Å²) in [5.74, 6) is 1.55. The summed E-state index contributed by atoms with van der Waals surface area (Å²) < 4.78 is 64.5. The second kappa shape index (κ2) is 5.47. The molecule has 0 radical (unpaired) electrons. The third-order valence-corrected chi connectivity index (χ3v) is 3.03. The van der Waals surface area contributed by atoms with E-state index in [4.69, 9.17) is 5.84 Å². The molecule has 1 amide bonds. The zero-order chi connectivity index (χ0) is 15.8. The molecule has 0 spiro atoms. The first-order chi connectivity index (χ1) is 9.73. The van der Waals surface area contributed by atoms with Gasteiger partial charge in [0.1, 0.15) is 12.2 Å². The van der Waals surface area contributed by atoms with Crippen LogP contribution in [0.5, 0.6) is 0 Å². The van der Waals surface area contributed by atoms with Crippen LogP contribution in [0, 0.1) is 11.6 Å². The summed E-state index contributed by atoms with van der Waals surface area (Å²) in [4.78, 5) is 12.6. The summed E-state index contributed by atoms with van der Waals surface area (Å²) in [5, 5.41) is 0. The quantitative estimate of drug-likeness (QED) is 0.510. The number of alkyl halides is 3. The van der Waals surface area contributed by atoms with Gasteiger partial charge in [0.25, 0.3) is 5.91 Å². The molecule has 0 aliphatic heterocycles. The number of nitrogens with one attached hydrogen (secondary N) is 1. The lowest BCUT2D eigenvalue weighted by Crippen LogP contribution is -2.40. The van der Waals surface area contributed by atoms with Crippen molar-refractivity contribution >= 4 is 11.6 Å². The Morgan fingerprint density at radius 2 is 1.81 bits per heavy atom. The van der Waals surface area contributed by atoms with E-state index in [-0.39, 0.29) is 0 Å². The van der Waals surface area contributed by atoms with Gasteiger partial charge in [-0.3, -0.25) is 10.6 Å². The first kappa shape index (κ1) is 15.5. The molecular weight excluding hydrogens is 297 g/mol. The van der Waals surface area contributed by atoms with Crippen molar-refractivity contribution in [2.24, 2.45) is 5.84 Å². The Bertz CT molecular complexity index is 533. The van der Waals surface area contributed by atoms with Gasteiger partial charge in [0.15, 0.2) is 11.6 Å². The van der Waals surface area contributed by atoms with E-state index < -0.39 is 47.6 Å². The zero-order valence-electron chi connectivity index (χ0n) is 10.7. The SMILES string of the molecule is NNc1c(F)cc(C(=O)N(CC(F)(F)F)C2CC2)cc1F. The lowest BCUT2D eigenvalue weighted by molar-refractivity contribution is -0.141. The van der Waals surface area contributed by atoms with Crippen LogP contribution in [-0.2, 0) is 0 Å². The maximum atomic E-state index is 13.5. The maximum Gasteiger partial charge on any atom is 0.406 e. The zero-order valence-corrected chi connectivity index (χ0v) is 10.7. The highest BCUT2D eigenvalue weighted by Gasteiger charge is 2.41. The van der Waals surface area contributed by atoms with Crippen LogP contribution in [0.3, 0.4) is 0 Å². The fraction of sp³-hybridized carbons (Fsp3) is 0.417. The van der Waals surface area contributed by atoms with Gasteiger partial charge in [0, 0.05) is 11.6 Å². The average molecular weight is 309 g/mol. The third-order valence-electron chi connectivity index (χ3n) is 3.03. The highest BCUT2D eigenvalue weighted by Crippen LogP contribution is 2.32. The van der Waals surface area contributed by atoms with Crippen molar-refractivity contribution in [1.29, 1.82) is 0 Å². The number of amides is 1. The Kier molecular flexibility index (Phi) is 4.04. The van der Waals surface area contributed by atoms with E-state index in [0.717, 1.165) is 0 Å². The van der Waals surface area contributed by atoms with Crippen molar-refractivity contribution in [3.8, 4) is 0 Å². The van der Waals surface area contributed by atoms with Crippen LogP contribution in [0.15, 0.2) is 12.1 Å². The number of nitrogens with two attached hydrogens (primary N) is 1. The third kappa shape index (κ3) is 3.60. The number of hydrogen-bond acceptors (Lipinski definition) is 3. The van der Waals surface area contributed by atoms with E-state index in [2.05, 4.69) is 0 Å². The van der Waals surface area contributed by atoms with E-state index in [9.17, 15) is 26.7 Å². The molecule has 1 aliphatic carbocycles. The topological polar surface area (TPSA) is 58.4 Å². The molecule has 1 fully saturated rings. The second-order valence-electron chi connectivity index (χ2n) is 4.74. The van der Waals surface area contributed by atoms with Gasteiger partial charge < -0.3 is 10.3 Å². The predicted octanol–water partition coefficient (Wildman–Crippen LogP) is 2.42. The van der Waals surface area contributed by atoms with Crippen LogP contribution < -0.4 is 11.3 Å². The molecule has 0 bridgehead atoms. The molecule has 116 valence electrons. The molecule has 9 heteroatoms. The summed E-state index contributed by atoms with van der Waals surface area (Å²) >= 11 is 0. The Labute approximate surface area is 116 Å². The Hall–Kier alpha value is -1.90. The molecule has 1 aliphatic rings. The first-order valence-electron chi connectivity index (χ1n) is 6.06. The number of anilines is 1. The number of nitrogen functional groups attached to an aromatic ring is 1. The molecule has 21 heavy (non-hydrogen) atoms. The molecular formula is C12H12F5N3O. The molecule has 3 N–H and O–H groups in total. The summed E-state index contributed by atoms with van der Waals surface area (Å²) in [7, 11) is 0. The van der Waals surface area contributed by atoms with Crippen molar-refractivity contribution in [3.05, 3.63) is 29.3 Å². The monoisotopic (exact) mass is 309 g/mol. The van der Waals surface area contributed by atoms with Crippen molar-refractivity contribution in [3.63, 3.8) is 0 Å². The van der Waals surface area contributed by atoms with Gasteiger partial charge in [0.05, 0.1) is 0 Å². The van der Waals surface area contributed by atoms with Gasteiger partial charge in [-0.1, -0.05) is 0 Å². The van der Waals surface area contributed by atoms with Crippen molar-refractivity contribution in [2.75, 3.05) is 12.0 Å². The lowest BCUT2D eigenvalue weighted by atomic mass is 10.1. The average Bonchev–Trinajstić information content (AvgIpc) is 3.17. The molecule has 0 atom stereocenters. The summed E-state index contributed by atoms with van der Waals surface area (Å²) in [6.07, 6.45) is -3.70. The molecule has 4 nitrogen and oxygen atoms in total. The highest BCUT2D eigenvalue weighted by molar-refractivity contribution is 5.95. The number of hydrogen-bond donors (Lipinski definition) is 2. The molecule has 0 unspecified atom stereocenters. The van der Waals surface area contributed by atoms with Gasteiger partial charge in [-0.25, -0.2) is 8.78 Å². The van der Waals surface area contributed by atoms with E-state index >= 15 is 0 Å². The van der Waals surface area contributed by atoms with Crippen LogP contribution in [0.4, 0.5) is 27.6 Å². The Balaban J connectivity index is 2.29.